The van der Waals surface area contributed by atoms with Crippen LogP contribution in [0.3, 0.4) is 0 Å². The van der Waals surface area contributed by atoms with E-state index in [-0.39, 0.29) is 42.7 Å². The molecule has 0 radical (unpaired) electrons. The van der Waals surface area contributed by atoms with E-state index in [9.17, 15) is 19.2 Å². The molecule has 0 saturated carbocycles. The molecule has 0 aliphatic heterocycles. The molecule has 1 heterocycles. The van der Waals surface area contributed by atoms with Gasteiger partial charge in [-0.3, -0.25) is 23.9 Å². The Balaban J connectivity index is 2.12. The first-order chi connectivity index (χ1) is 14.9. The summed E-state index contributed by atoms with van der Waals surface area (Å²) in [4.78, 5) is 53.2. The number of nitrogens with zero attached hydrogens (tertiary/aromatic N) is 2. The van der Waals surface area contributed by atoms with Crippen LogP contribution < -0.4 is 27.2 Å². The van der Waals surface area contributed by atoms with Gasteiger partial charge in [0.2, 0.25) is 11.8 Å². The first kappa shape index (κ1) is 23.9. The van der Waals surface area contributed by atoms with E-state index in [0.717, 1.165) is 12.0 Å². The maximum absolute atomic E-state index is 12.9. The Morgan fingerprint density at radius 1 is 1.13 bits per heavy atom. The van der Waals surface area contributed by atoms with Crippen molar-refractivity contribution in [3.63, 3.8) is 0 Å². The molecule has 0 bridgehead atoms. The van der Waals surface area contributed by atoms with Crippen molar-refractivity contribution >= 4 is 23.3 Å². The molecule has 9 nitrogen and oxygen atoms in total. The van der Waals surface area contributed by atoms with Crippen molar-refractivity contribution in [1.82, 2.24) is 14.9 Å². The first-order valence-electron chi connectivity index (χ1n) is 10.6. The van der Waals surface area contributed by atoms with Crippen LogP contribution in [0, 0.1) is 0 Å². The van der Waals surface area contributed by atoms with Crippen LogP contribution in [0.15, 0.2) is 39.9 Å². The number of amides is 2. The summed E-state index contributed by atoms with van der Waals surface area (Å²) in [5.74, 6) is -0.548. The second-order valence-corrected chi connectivity index (χ2v) is 7.31. The number of nitrogen functional groups attached to an aromatic ring is 1. The summed E-state index contributed by atoms with van der Waals surface area (Å²) >= 11 is 0. The first-order valence-corrected chi connectivity index (χ1v) is 10.6. The average molecular weight is 430 g/mol. The number of nitrogens with two attached hydrogens (primary N) is 1. The Morgan fingerprint density at radius 3 is 2.48 bits per heavy atom. The van der Waals surface area contributed by atoms with E-state index in [4.69, 9.17) is 5.73 Å². The van der Waals surface area contributed by atoms with Crippen LogP contribution in [0.2, 0.25) is 0 Å². The number of carbonyl (C=O) groups excluding carboxylic acids is 2. The van der Waals surface area contributed by atoms with Crippen molar-refractivity contribution in [3.8, 4) is 0 Å². The van der Waals surface area contributed by atoms with Gasteiger partial charge in [-0.2, -0.15) is 0 Å². The highest BCUT2D eigenvalue weighted by atomic mass is 16.2. The summed E-state index contributed by atoms with van der Waals surface area (Å²) in [6.07, 6.45) is 2.35. The second-order valence-electron chi connectivity index (χ2n) is 7.31. The Morgan fingerprint density at radius 2 is 1.84 bits per heavy atom. The van der Waals surface area contributed by atoms with Gasteiger partial charge in [-0.25, -0.2) is 4.79 Å². The number of nitrogens with one attached hydrogen (secondary N) is 2. The molecular weight excluding hydrogens is 398 g/mol. The molecule has 2 amide bonds. The van der Waals surface area contributed by atoms with Crippen molar-refractivity contribution in [2.45, 2.75) is 52.5 Å². The fourth-order valence-electron chi connectivity index (χ4n) is 3.25. The summed E-state index contributed by atoms with van der Waals surface area (Å²) in [7, 11) is 0. The van der Waals surface area contributed by atoms with Gasteiger partial charge in [0.1, 0.15) is 5.82 Å². The molecule has 0 unspecified atom stereocenters. The Kier molecular flexibility index (Phi) is 9.05. The number of aromatic amines is 1. The maximum Gasteiger partial charge on any atom is 0.330 e. The molecule has 0 atom stereocenters. The fraction of sp³-hybridized carbons (Fsp3) is 0.455. The molecule has 0 aliphatic carbocycles. The van der Waals surface area contributed by atoms with E-state index in [0.29, 0.717) is 25.9 Å². The van der Waals surface area contributed by atoms with E-state index in [1.54, 1.807) is 0 Å². The number of carbonyl (C=O) groups is 2. The van der Waals surface area contributed by atoms with Gasteiger partial charge in [0.25, 0.3) is 5.56 Å². The lowest BCUT2D eigenvalue weighted by atomic mass is 10.1. The highest BCUT2D eigenvalue weighted by Gasteiger charge is 2.23. The molecule has 9 heteroatoms. The van der Waals surface area contributed by atoms with E-state index >= 15 is 0 Å². The smallest absolute Gasteiger partial charge is 0.330 e. The van der Waals surface area contributed by atoms with Crippen molar-refractivity contribution < 1.29 is 9.59 Å². The zero-order chi connectivity index (χ0) is 22.8. The summed E-state index contributed by atoms with van der Waals surface area (Å²) in [5.41, 5.74) is 5.71. The van der Waals surface area contributed by atoms with Crippen LogP contribution in [0.25, 0.3) is 0 Å². The minimum atomic E-state index is -0.688. The third-order valence-corrected chi connectivity index (χ3v) is 4.84. The number of hydrogen-bond donors (Lipinski definition) is 3. The van der Waals surface area contributed by atoms with Gasteiger partial charge in [-0.05, 0) is 18.4 Å². The van der Waals surface area contributed by atoms with E-state index < -0.39 is 11.2 Å². The van der Waals surface area contributed by atoms with Gasteiger partial charge >= 0.3 is 5.69 Å². The SMILES string of the molecule is CCCCN(C(=O)CCNC(=O)Cc1ccccc1)c1c(N)n(CCC)c(=O)[nH]c1=O. The van der Waals surface area contributed by atoms with Gasteiger partial charge in [-0.1, -0.05) is 50.6 Å². The number of hydrogen-bond acceptors (Lipinski definition) is 5. The largest absolute Gasteiger partial charge is 0.383 e. The van der Waals surface area contributed by atoms with Crippen LogP contribution in [0.4, 0.5) is 11.5 Å². The van der Waals surface area contributed by atoms with Gasteiger partial charge in [0, 0.05) is 26.1 Å². The van der Waals surface area contributed by atoms with Crippen molar-refractivity contribution in [1.29, 1.82) is 0 Å². The van der Waals surface area contributed by atoms with Gasteiger partial charge in [0.15, 0.2) is 5.69 Å². The van der Waals surface area contributed by atoms with Crippen LogP contribution >= 0.6 is 0 Å². The lowest BCUT2D eigenvalue weighted by molar-refractivity contribution is -0.121. The lowest BCUT2D eigenvalue weighted by Crippen LogP contribution is -2.42. The molecule has 2 aromatic rings. The van der Waals surface area contributed by atoms with Crippen LogP contribution in [-0.2, 0) is 22.6 Å². The number of aromatic nitrogens is 2. The van der Waals surface area contributed by atoms with Gasteiger partial charge in [-0.15, -0.1) is 0 Å². The minimum Gasteiger partial charge on any atom is -0.383 e. The molecule has 0 spiro atoms. The van der Waals surface area contributed by atoms with Crippen molar-refractivity contribution in [2.24, 2.45) is 0 Å². The van der Waals surface area contributed by atoms with E-state index in [1.165, 1.54) is 9.47 Å². The number of H-pyrrole nitrogens is 1. The Hall–Kier alpha value is -3.36. The third kappa shape index (κ3) is 6.56. The molecule has 0 fully saturated rings. The van der Waals surface area contributed by atoms with Crippen LogP contribution in [-0.4, -0.2) is 34.5 Å². The average Bonchev–Trinajstić information content (AvgIpc) is 2.74. The number of benzene rings is 1. The normalized spacial score (nSPS) is 10.6. The van der Waals surface area contributed by atoms with Gasteiger partial charge < -0.3 is 16.0 Å². The lowest BCUT2D eigenvalue weighted by Gasteiger charge is -2.24. The summed E-state index contributed by atoms with van der Waals surface area (Å²) in [5, 5.41) is 2.74. The minimum absolute atomic E-state index is 0.00995. The van der Waals surface area contributed by atoms with E-state index in [1.807, 2.05) is 44.2 Å². The zero-order valence-corrected chi connectivity index (χ0v) is 18.1. The Bertz CT molecular complexity index is 997. The van der Waals surface area contributed by atoms with Crippen molar-refractivity contribution in [3.05, 3.63) is 56.7 Å². The molecule has 4 N–H and O–H groups in total. The zero-order valence-electron chi connectivity index (χ0n) is 18.1. The number of anilines is 2. The maximum atomic E-state index is 12.9. The quantitative estimate of drug-likeness (QED) is 0.497. The molecule has 168 valence electrons. The standard InChI is InChI=1S/C22H31N5O4/c1-3-5-14-26(19-20(23)27(13-4-2)22(31)25-21(19)30)18(29)11-12-24-17(28)15-16-9-7-6-8-10-16/h6-10H,3-5,11-15,23H2,1-2H3,(H,24,28)(H,25,30,31). The molecule has 0 saturated heterocycles. The van der Waals surface area contributed by atoms with E-state index in [2.05, 4.69) is 10.3 Å². The number of unbranched alkanes of at least 4 members (excludes halogenated alkanes) is 1. The third-order valence-electron chi connectivity index (χ3n) is 4.84. The van der Waals surface area contributed by atoms with Crippen LogP contribution in [0.1, 0.15) is 45.1 Å². The molecule has 1 aromatic carbocycles. The molecule has 0 aliphatic rings. The van der Waals surface area contributed by atoms with Crippen LogP contribution in [0.5, 0.6) is 0 Å². The summed E-state index contributed by atoms with van der Waals surface area (Å²) in [6.45, 7) is 4.62. The Labute approximate surface area is 181 Å². The molecule has 2 rings (SSSR count). The summed E-state index contributed by atoms with van der Waals surface area (Å²) in [6, 6.07) is 9.31. The summed E-state index contributed by atoms with van der Waals surface area (Å²) < 4.78 is 1.27. The monoisotopic (exact) mass is 429 g/mol. The highest BCUT2D eigenvalue weighted by Crippen LogP contribution is 2.18. The highest BCUT2D eigenvalue weighted by molar-refractivity contribution is 5.95. The van der Waals surface area contributed by atoms with Gasteiger partial charge in [0.05, 0.1) is 6.42 Å². The predicted octanol–water partition coefficient (Wildman–Crippen LogP) is 1.41. The fourth-order valence-corrected chi connectivity index (χ4v) is 3.25. The molecular formula is C22H31N5O4. The molecule has 1 aromatic heterocycles. The molecule has 31 heavy (non-hydrogen) atoms. The number of rotatable bonds is 11. The predicted molar refractivity (Wildman–Crippen MR) is 121 cm³/mol. The second kappa shape index (κ2) is 11.7. The topological polar surface area (TPSA) is 130 Å². The van der Waals surface area contributed by atoms with Crippen molar-refractivity contribution in [2.75, 3.05) is 23.7 Å².